The highest BCUT2D eigenvalue weighted by molar-refractivity contribution is 7.57. The number of esters is 1. The van der Waals surface area contributed by atoms with E-state index in [4.69, 9.17) is 14.4 Å². The van der Waals surface area contributed by atoms with E-state index < -0.39 is 19.5 Å². The van der Waals surface area contributed by atoms with E-state index in [0.29, 0.717) is 12.2 Å². The van der Waals surface area contributed by atoms with Crippen molar-refractivity contribution in [2.45, 2.75) is 33.2 Å². The number of allylic oxidation sites excluding steroid dienone is 1. The molecule has 134 valence electrons. The molecule has 1 aromatic rings. The largest absolute Gasteiger partial charge is 0.465 e. The number of carbonyl (C=O) groups excluding carboxylic acids is 1. The number of nitrogens with one attached hydrogen (secondary N) is 1. The molecule has 2 N–H and O–H groups in total. The molecule has 0 aliphatic heterocycles. The monoisotopic (exact) mass is 355 g/mol. The summed E-state index contributed by atoms with van der Waals surface area (Å²) in [5, 5.41) is 11.8. The van der Waals surface area contributed by atoms with Crippen LogP contribution in [0.2, 0.25) is 0 Å². The molecule has 0 aliphatic rings. The summed E-state index contributed by atoms with van der Waals surface area (Å²) in [6.45, 7) is 5.31. The van der Waals surface area contributed by atoms with E-state index in [1.165, 1.54) is 0 Å². The number of ether oxygens (including phenoxy) is 1. The fourth-order valence-electron chi connectivity index (χ4n) is 1.95. The van der Waals surface area contributed by atoms with Crippen LogP contribution in [0.4, 0.5) is 0 Å². The van der Waals surface area contributed by atoms with Crippen LogP contribution >= 0.6 is 7.52 Å². The van der Waals surface area contributed by atoms with Gasteiger partial charge in [0.1, 0.15) is 11.8 Å². The van der Waals surface area contributed by atoms with Gasteiger partial charge in [-0.3, -0.25) is 9.36 Å². The van der Waals surface area contributed by atoms with Crippen molar-refractivity contribution < 1.29 is 23.7 Å². The number of aliphatic hydroxyl groups is 1. The summed E-state index contributed by atoms with van der Waals surface area (Å²) < 4.78 is 23.7. The first-order valence-electron chi connectivity index (χ1n) is 7.95. The highest BCUT2D eigenvalue weighted by Gasteiger charge is 2.29. The molecular formula is C17H26NO5P. The van der Waals surface area contributed by atoms with Crippen molar-refractivity contribution in [2.24, 2.45) is 0 Å². The van der Waals surface area contributed by atoms with Crippen molar-refractivity contribution in [1.29, 1.82) is 0 Å². The van der Waals surface area contributed by atoms with Crippen LogP contribution in [-0.4, -0.2) is 36.5 Å². The maximum Gasteiger partial charge on any atom is 0.323 e. The number of hydrogen-bond donors (Lipinski definition) is 2. The van der Waals surface area contributed by atoms with Gasteiger partial charge in [0.05, 0.1) is 19.4 Å². The third-order valence-electron chi connectivity index (χ3n) is 3.19. The lowest BCUT2D eigenvalue weighted by atomic mass is 10.3. The van der Waals surface area contributed by atoms with E-state index in [1.54, 1.807) is 51.1 Å². The van der Waals surface area contributed by atoms with Crippen LogP contribution in [0.3, 0.4) is 0 Å². The van der Waals surface area contributed by atoms with Gasteiger partial charge in [0.2, 0.25) is 0 Å². The van der Waals surface area contributed by atoms with Crippen molar-refractivity contribution in [3.63, 3.8) is 0 Å². The van der Waals surface area contributed by atoms with Crippen molar-refractivity contribution in [2.75, 3.05) is 19.4 Å². The molecule has 0 saturated heterocycles. The number of aliphatic hydroxyl groups excluding tert-OH is 1. The molecule has 24 heavy (non-hydrogen) atoms. The fraction of sp³-hybridized carbons (Fsp3) is 0.471. The maximum absolute atomic E-state index is 13.1. The summed E-state index contributed by atoms with van der Waals surface area (Å²) in [5.74, 6) is -0.0104. The third-order valence-corrected chi connectivity index (χ3v) is 5.33. The molecule has 0 saturated carbocycles. The molecule has 0 aliphatic carbocycles. The standard InChI is InChI=1S/C17H26NO5P/c1-4-22-17(20)15(3)18-24(21,12-8-9-14(2)13-19)23-16-10-6-5-7-11-16/h5-7,9-11,15,19H,4,8,12-13H2,1-3H3,(H,18,21)/b14-9+/t15-,24+/m0/s1. The van der Waals surface area contributed by atoms with Crippen LogP contribution in [0.1, 0.15) is 27.2 Å². The highest BCUT2D eigenvalue weighted by Crippen LogP contribution is 2.44. The summed E-state index contributed by atoms with van der Waals surface area (Å²) in [7, 11) is -3.32. The molecule has 0 spiro atoms. The highest BCUT2D eigenvalue weighted by atomic mass is 31.2. The summed E-state index contributed by atoms with van der Waals surface area (Å²) in [5.41, 5.74) is 0.791. The van der Waals surface area contributed by atoms with Gasteiger partial charge in [-0.05, 0) is 39.3 Å². The Bertz CT molecular complexity index is 588. The van der Waals surface area contributed by atoms with Crippen LogP contribution < -0.4 is 9.61 Å². The maximum atomic E-state index is 13.1. The lowest BCUT2D eigenvalue weighted by Crippen LogP contribution is -2.35. The predicted molar refractivity (Wildman–Crippen MR) is 94.2 cm³/mol. The van der Waals surface area contributed by atoms with Gasteiger partial charge in [-0.1, -0.05) is 29.8 Å². The SMILES string of the molecule is CCOC(=O)[C@H](C)N[P@@](=O)(CC/C=C(\C)CO)Oc1ccccc1. The molecule has 0 bridgehead atoms. The fourth-order valence-corrected chi connectivity index (χ4v) is 3.85. The molecule has 6 nitrogen and oxygen atoms in total. The first-order chi connectivity index (χ1) is 11.4. The van der Waals surface area contributed by atoms with E-state index in [-0.39, 0.29) is 19.4 Å². The second kappa shape index (κ2) is 10.3. The van der Waals surface area contributed by atoms with Gasteiger partial charge in [-0.2, -0.15) is 0 Å². The van der Waals surface area contributed by atoms with E-state index in [0.717, 1.165) is 5.57 Å². The zero-order chi connectivity index (χ0) is 18.0. The molecule has 0 aromatic heterocycles. The average Bonchev–Trinajstić information content (AvgIpc) is 2.55. The van der Waals surface area contributed by atoms with Gasteiger partial charge >= 0.3 is 13.5 Å². The minimum atomic E-state index is -3.32. The van der Waals surface area contributed by atoms with Crippen molar-refractivity contribution >= 4 is 13.5 Å². The molecule has 7 heteroatoms. The zero-order valence-corrected chi connectivity index (χ0v) is 15.3. The zero-order valence-electron chi connectivity index (χ0n) is 14.4. The number of para-hydroxylation sites is 1. The van der Waals surface area contributed by atoms with Crippen LogP contribution in [0.15, 0.2) is 42.0 Å². The number of benzene rings is 1. The topological polar surface area (TPSA) is 84.9 Å². The van der Waals surface area contributed by atoms with Gasteiger partial charge in [-0.15, -0.1) is 0 Å². The Hall–Kier alpha value is -1.62. The molecule has 0 amide bonds. The molecule has 0 fully saturated rings. The van der Waals surface area contributed by atoms with Gasteiger partial charge in [0.25, 0.3) is 0 Å². The minimum Gasteiger partial charge on any atom is -0.465 e. The van der Waals surface area contributed by atoms with Gasteiger partial charge in [0, 0.05) is 0 Å². The molecule has 0 heterocycles. The van der Waals surface area contributed by atoms with Crippen molar-refractivity contribution in [3.05, 3.63) is 42.0 Å². The first kappa shape index (κ1) is 20.4. The minimum absolute atomic E-state index is 0.0451. The third kappa shape index (κ3) is 7.30. The van der Waals surface area contributed by atoms with Gasteiger partial charge < -0.3 is 14.4 Å². The lowest BCUT2D eigenvalue weighted by Gasteiger charge is -2.23. The van der Waals surface area contributed by atoms with Crippen LogP contribution in [0.25, 0.3) is 0 Å². The molecule has 0 radical (unpaired) electrons. The predicted octanol–water partition coefficient (Wildman–Crippen LogP) is 3.13. The van der Waals surface area contributed by atoms with E-state index in [9.17, 15) is 9.36 Å². The smallest absolute Gasteiger partial charge is 0.323 e. The summed E-state index contributed by atoms with van der Waals surface area (Å²) in [4.78, 5) is 11.8. The van der Waals surface area contributed by atoms with Crippen LogP contribution in [0, 0.1) is 0 Å². The number of rotatable bonds is 10. The first-order valence-corrected chi connectivity index (χ1v) is 9.76. The van der Waals surface area contributed by atoms with E-state index in [2.05, 4.69) is 5.09 Å². The molecular weight excluding hydrogens is 329 g/mol. The van der Waals surface area contributed by atoms with Crippen LogP contribution in [-0.2, 0) is 14.1 Å². The Balaban J connectivity index is 2.85. The Morgan fingerprint density at radius 2 is 2.04 bits per heavy atom. The summed E-state index contributed by atoms with van der Waals surface area (Å²) in [6, 6.07) is 8.06. The quantitative estimate of drug-likeness (QED) is 0.381. The molecule has 2 atom stereocenters. The Morgan fingerprint density at radius 1 is 1.38 bits per heavy atom. The van der Waals surface area contributed by atoms with Gasteiger partial charge in [0.15, 0.2) is 0 Å². The summed E-state index contributed by atoms with van der Waals surface area (Å²) in [6.07, 6.45) is 2.46. The molecule has 1 aromatic carbocycles. The Labute approximate surface area is 143 Å². The number of carbonyl (C=O) groups is 1. The van der Waals surface area contributed by atoms with E-state index >= 15 is 0 Å². The second-order valence-electron chi connectivity index (χ2n) is 5.40. The normalized spacial score (nSPS) is 15.4. The van der Waals surface area contributed by atoms with Crippen molar-refractivity contribution in [1.82, 2.24) is 5.09 Å². The van der Waals surface area contributed by atoms with Crippen molar-refractivity contribution in [3.8, 4) is 5.75 Å². The summed E-state index contributed by atoms with van der Waals surface area (Å²) >= 11 is 0. The van der Waals surface area contributed by atoms with Gasteiger partial charge in [-0.25, -0.2) is 5.09 Å². The van der Waals surface area contributed by atoms with Crippen LogP contribution in [0.5, 0.6) is 5.75 Å². The second-order valence-corrected chi connectivity index (χ2v) is 7.64. The van der Waals surface area contributed by atoms with E-state index in [1.807, 2.05) is 6.07 Å². The lowest BCUT2D eigenvalue weighted by molar-refractivity contribution is -0.144. The number of hydrogen-bond acceptors (Lipinski definition) is 5. The molecule has 0 unspecified atom stereocenters. The average molecular weight is 355 g/mol. The Morgan fingerprint density at radius 3 is 2.62 bits per heavy atom. The molecule has 1 rings (SSSR count). The Kier molecular flexibility index (Phi) is 8.76.